The summed E-state index contributed by atoms with van der Waals surface area (Å²) >= 11 is 9.02. The lowest BCUT2D eigenvalue weighted by Crippen LogP contribution is -1.97. The second-order valence-electron chi connectivity index (χ2n) is 4.11. The van der Waals surface area contributed by atoms with Gasteiger partial charge in [0.2, 0.25) is 5.28 Å². The molecule has 6 heteroatoms. The molecule has 1 heterocycles. The van der Waals surface area contributed by atoms with Crippen LogP contribution in [0.15, 0.2) is 46.9 Å². The predicted molar refractivity (Wildman–Crippen MR) is 81.9 cm³/mol. The molecule has 20 heavy (non-hydrogen) atoms. The molecule has 0 aliphatic heterocycles. The van der Waals surface area contributed by atoms with Crippen LogP contribution in [0.1, 0.15) is 0 Å². The maximum atomic E-state index is 13.5. The highest BCUT2D eigenvalue weighted by Gasteiger charge is 2.07. The number of anilines is 2. The molecule has 0 aliphatic rings. The standard InChI is InChI=1S/C14H8BrClFN3/c15-10-6-5-8(7-11(10)17)18-13-9-3-1-2-4-12(9)19-14(16)20-13/h1-7H,(H,18,19,20). The van der Waals surface area contributed by atoms with Gasteiger partial charge < -0.3 is 5.32 Å². The molecule has 0 atom stereocenters. The molecule has 0 unspecified atom stereocenters. The molecule has 0 saturated heterocycles. The molecule has 1 N–H and O–H groups in total. The average molecular weight is 353 g/mol. The van der Waals surface area contributed by atoms with Crippen LogP contribution in [0.25, 0.3) is 10.9 Å². The second-order valence-corrected chi connectivity index (χ2v) is 5.30. The largest absolute Gasteiger partial charge is 0.339 e. The highest BCUT2D eigenvalue weighted by atomic mass is 79.9. The minimum Gasteiger partial charge on any atom is -0.339 e. The molecule has 3 rings (SSSR count). The van der Waals surface area contributed by atoms with Crippen LogP contribution in [0.2, 0.25) is 5.28 Å². The first-order valence-electron chi connectivity index (χ1n) is 5.78. The minimum absolute atomic E-state index is 0.142. The van der Waals surface area contributed by atoms with Gasteiger partial charge in [0.05, 0.1) is 9.99 Å². The fourth-order valence-electron chi connectivity index (χ4n) is 1.85. The number of hydrogen-bond acceptors (Lipinski definition) is 3. The molecular weight excluding hydrogens is 345 g/mol. The van der Waals surface area contributed by atoms with Crippen molar-refractivity contribution in [3.63, 3.8) is 0 Å². The van der Waals surface area contributed by atoms with Gasteiger partial charge >= 0.3 is 0 Å². The first kappa shape index (κ1) is 13.3. The average Bonchev–Trinajstić information content (AvgIpc) is 2.43. The Morgan fingerprint density at radius 3 is 2.70 bits per heavy atom. The predicted octanol–water partition coefficient (Wildman–Crippen LogP) is 4.93. The van der Waals surface area contributed by atoms with Gasteiger partial charge in [-0.15, -0.1) is 0 Å². The summed E-state index contributed by atoms with van der Waals surface area (Å²) < 4.78 is 13.9. The van der Waals surface area contributed by atoms with Crippen LogP contribution in [0.3, 0.4) is 0 Å². The summed E-state index contributed by atoms with van der Waals surface area (Å²) in [5.41, 5.74) is 1.32. The van der Waals surface area contributed by atoms with Crippen molar-refractivity contribution in [1.82, 2.24) is 9.97 Å². The molecule has 0 radical (unpaired) electrons. The van der Waals surface area contributed by atoms with E-state index in [2.05, 4.69) is 31.2 Å². The quantitative estimate of drug-likeness (QED) is 0.665. The van der Waals surface area contributed by atoms with Crippen LogP contribution in [0.4, 0.5) is 15.9 Å². The Kier molecular flexibility index (Phi) is 3.54. The van der Waals surface area contributed by atoms with Gasteiger partial charge in [-0.05, 0) is 57.9 Å². The van der Waals surface area contributed by atoms with Gasteiger partial charge in [-0.3, -0.25) is 0 Å². The monoisotopic (exact) mass is 351 g/mol. The lowest BCUT2D eigenvalue weighted by molar-refractivity contribution is 0.622. The number of fused-ring (bicyclic) bond motifs is 1. The Hall–Kier alpha value is -1.72. The smallest absolute Gasteiger partial charge is 0.224 e. The van der Waals surface area contributed by atoms with Crippen LogP contribution < -0.4 is 5.32 Å². The van der Waals surface area contributed by atoms with E-state index in [1.54, 1.807) is 12.1 Å². The van der Waals surface area contributed by atoms with Crippen molar-refractivity contribution in [2.75, 3.05) is 5.32 Å². The molecule has 0 saturated carbocycles. The number of para-hydroxylation sites is 1. The number of aromatic nitrogens is 2. The Morgan fingerprint density at radius 2 is 1.90 bits per heavy atom. The van der Waals surface area contributed by atoms with E-state index in [1.807, 2.05) is 24.3 Å². The van der Waals surface area contributed by atoms with Gasteiger partial charge in [0.1, 0.15) is 11.6 Å². The Labute approximate surface area is 127 Å². The summed E-state index contributed by atoms with van der Waals surface area (Å²) in [7, 11) is 0. The first-order valence-corrected chi connectivity index (χ1v) is 6.95. The molecule has 0 aliphatic carbocycles. The van der Waals surface area contributed by atoms with Crippen molar-refractivity contribution >= 4 is 49.9 Å². The van der Waals surface area contributed by atoms with Crippen molar-refractivity contribution in [2.24, 2.45) is 0 Å². The van der Waals surface area contributed by atoms with E-state index in [0.29, 0.717) is 16.0 Å². The van der Waals surface area contributed by atoms with Gasteiger partial charge in [-0.25, -0.2) is 9.37 Å². The normalized spacial score (nSPS) is 10.8. The zero-order valence-electron chi connectivity index (χ0n) is 10.1. The first-order chi connectivity index (χ1) is 9.63. The van der Waals surface area contributed by atoms with Gasteiger partial charge in [0.15, 0.2) is 0 Å². The van der Waals surface area contributed by atoms with E-state index in [0.717, 1.165) is 10.9 Å². The number of nitrogens with one attached hydrogen (secondary N) is 1. The number of nitrogens with zero attached hydrogens (tertiary/aromatic N) is 2. The molecule has 100 valence electrons. The Bertz CT molecular complexity index is 794. The fourth-order valence-corrected chi connectivity index (χ4v) is 2.28. The zero-order chi connectivity index (χ0) is 14.1. The second kappa shape index (κ2) is 5.34. The summed E-state index contributed by atoms with van der Waals surface area (Å²) in [6.07, 6.45) is 0. The van der Waals surface area contributed by atoms with Crippen LogP contribution in [0, 0.1) is 5.82 Å². The maximum Gasteiger partial charge on any atom is 0.224 e. The molecule has 3 aromatic rings. The van der Waals surface area contributed by atoms with Crippen LogP contribution in [-0.4, -0.2) is 9.97 Å². The summed E-state index contributed by atoms with van der Waals surface area (Å²) in [5, 5.41) is 4.02. The topological polar surface area (TPSA) is 37.8 Å². The molecule has 0 spiro atoms. The van der Waals surface area contributed by atoms with Crippen molar-refractivity contribution in [2.45, 2.75) is 0 Å². The van der Waals surface area contributed by atoms with E-state index in [4.69, 9.17) is 11.6 Å². The Balaban J connectivity index is 2.07. The summed E-state index contributed by atoms with van der Waals surface area (Å²) in [5.74, 6) is 0.196. The van der Waals surface area contributed by atoms with Gasteiger partial charge in [-0.2, -0.15) is 4.98 Å². The third-order valence-corrected chi connectivity index (χ3v) is 3.57. The fraction of sp³-hybridized carbons (Fsp3) is 0. The van der Waals surface area contributed by atoms with E-state index >= 15 is 0 Å². The third-order valence-electron chi connectivity index (χ3n) is 2.76. The van der Waals surface area contributed by atoms with Crippen molar-refractivity contribution in [3.05, 3.63) is 58.0 Å². The highest BCUT2D eigenvalue weighted by Crippen LogP contribution is 2.26. The molecule has 2 aromatic carbocycles. The molecule has 0 bridgehead atoms. The van der Waals surface area contributed by atoms with E-state index in [1.165, 1.54) is 6.07 Å². The van der Waals surface area contributed by atoms with Crippen LogP contribution >= 0.6 is 27.5 Å². The zero-order valence-corrected chi connectivity index (χ0v) is 12.4. The van der Waals surface area contributed by atoms with E-state index < -0.39 is 0 Å². The minimum atomic E-state index is -0.348. The van der Waals surface area contributed by atoms with Crippen LogP contribution in [-0.2, 0) is 0 Å². The summed E-state index contributed by atoms with van der Waals surface area (Å²) in [4.78, 5) is 8.30. The van der Waals surface area contributed by atoms with Gasteiger partial charge in [-0.1, -0.05) is 12.1 Å². The van der Waals surface area contributed by atoms with Gasteiger partial charge in [0, 0.05) is 11.1 Å². The number of hydrogen-bond donors (Lipinski definition) is 1. The lowest BCUT2D eigenvalue weighted by Gasteiger charge is -2.09. The molecule has 0 amide bonds. The molecule has 3 nitrogen and oxygen atoms in total. The van der Waals surface area contributed by atoms with E-state index in [9.17, 15) is 4.39 Å². The highest BCUT2D eigenvalue weighted by molar-refractivity contribution is 9.10. The van der Waals surface area contributed by atoms with Gasteiger partial charge in [0.25, 0.3) is 0 Å². The van der Waals surface area contributed by atoms with Crippen molar-refractivity contribution in [1.29, 1.82) is 0 Å². The number of benzene rings is 2. The van der Waals surface area contributed by atoms with Crippen molar-refractivity contribution < 1.29 is 4.39 Å². The molecule has 1 aromatic heterocycles. The van der Waals surface area contributed by atoms with Crippen LogP contribution in [0.5, 0.6) is 0 Å². The maximum absolute atomic E-state index is 13.5. The summed E-state index contributed by atoms with van der Waals surface area (Å²) in [6.45, 7) is 0. The number of rotatable bonds is 2. The molecule has 0 fully saturated rings. The summed E-state index contributed by atoms with van der Waals surface area (Å²) in [6, 6.07) is 12.2. The molecular formula is C14H8BrClFN3. The third kappa shape index (κ3) is 2.59. The van der Waals surface area contributed by atoms with E-state index in [-0.39, 0.29) is 11.1 Å². The SMILES string of the molecule is Fc1cc(Nc2nc(Cl)nc3ccccc23)ccc1Br. The number of halogens is 3. The Morgan fingerprint density at radius 1 is 1.10 bits per heavy atom. The lowest BCUT2D eigenvalue weighted by atomic mass is 10.2. The van der Waals surface area contributed by atoms with Crippen molar-refractivity contribution in [3.8, 4) is 0 Å².